The van der Waals surface area contributed by atoms with Crippen LogP contribution in [0.5, 0.6) is 0 Å². The molecule has 29 heavy (non-hydrogen) atoms. The molecule has 3 aromatic heterocycles. The number of amides is 1. The molecule has 3 aromatic rings. The van der Waals surface area contributed by atoms with Crippen LogP contribution in [0, 0.1) is 0 Å². The highest BCUT2D eigenvalue weighted by Crippen LogP contribution is 2.28. The lowest BCUT2D eigenvalue weighted by Gasteiger charge is -2.27. The Morgan fingerprint density at radius 3 is 2.76 bits per heavy atom. The molecular formula is C19H23N7O3. The Morgan fingerprint density at radius 2 is 2.07 bits per heavy atom. The van der Waals surface area contributed by atoms with E-state index in [1.54, 1.807) is 36.0 Å². The van der Waals surface area contributed by atoms with Gasteiger partial charge in [0.1, 0.15) is 22.9 Å². The number of primary amides is 1. The van der Waals surface area contributed by atoms with Crippen molar-refractivity contribution in [3.05, 3.63) is 46.5 Å². The monoisotopic (exact) mass is 397 g/mol. The van der Waals surface area contributed by atoms with Crippen LogP contribution in [0.2, 0.25) is 0 Å². The summed E-state index contributed by atoms with van der Waals surface area (Å²) < 4.78 is 3.18. The van der Waals surface area contributed by atoms with Crippen molar-refractivity contribution in [1.29, 1.82) is 0 Å². The number of nitrogens with one attached hydrogen (secondary N) is 2. The maximum absolute atomic E-state index is 13.0. The molecule has 0 spiro atoms. The van der Waals surface area contributed by atoms with Crippen LogP contribution in [-0.4, -0.2) is 43.3 Å². The van der Waals surface area contributed by atoms with Gasteiger partial charge in [-0.05, 0) is 37.8 Å². The average Bonchev–Trinajstić information content (AvgIpc) is 3.14. The van der Waals surface area contributed by atoms with Crippen LogP contribution in [0.25, 0.3) is 5.65 Å². The fourth-order valence-electron chi connectivity index (χ4n) is 3.75. The summed E-state index contributed by atoms with van der Waals surface area (Å²) in [7, 11) is 1.72. The molecule has 0 bridgehead atoms. The molecule has 0 atom stereocenters. The van der Waals surface area contributed by atoms with Crippen molar-refractivity contribution in [1.82, 2.24) is 19.2 Å². The minimum absolute atomic E-state index is 0.0623. The first-order valence-electron chi connectivity index (χ1n) is 9.50. The molecule has 152 valence electrons. The number of nitrogens with two attached hydrogens (primary N) is 1. The van der Waals surface area contributed by atoms with Gasteiger partial charge in [-0.2, -0.15) is 9.61 Å². The van der Waals surface area contributed by atoms with Crippen molar-refractivity contribution in [2.75, 3.05) is 17.7 Å². The lowest BCUT2D eigenvalue weighted by Crippen LogP contribution is -2.29. The van der Waals surface area contributed by atoms with Crippen LogP contribution in [0.15, 0.2) is 35.4 Å². The number of hydrogen-bond acceptors (Lipinski definition) is 7. The summed E-state index contributed by atoms with van der Waals surface area (Å²) in [4.78, 5) is 29.1. The highest BCUT2D eigenvalue weighted by Gasteiger charge is 2.22. The van der Waals surface area contributed by atoms with Crippen LogP contribution < -0.4 is 21.9 Å². The molecule has 1 aliphatic carbocycles. The fraction of sp³-hybridized carbons (Fsp3) is 0.368. The molecule has 3 heterocycles. The van der Waals surface area contributed by atoms with Gasteiger partial charge in [-0.1, -0.05) is 0 Å². The number of pyridine rings is 1. The Hall–Kier alpha value is -3.40. The molecule has 1 aliphatic rings. The van der Waals surface area contributed by atoms with Crippen LogP contribution in [0.4, 0.5) is 17.3 Å². The average molecular weight is 397 g/mol. The summed E-state index contributed by atoms with van der Waals surface area (Å²) in [6.45, 7) is 0. The van der Waals surface area contributed by atoms with Gasteiger partial charge < -0.3 is 26.0 Å². The van der Waals surface area contributed by atoms with Crippen molar-refractivity contribution in [2.45, 2.75) is 37.8 Å². The quantitative estimate of drug-likeness (QED) is 0.508. The first-order chi connectivity index (χ1) is 14.0. The second-order valence-corrected chi connectivity index (χ2v) is 7.16. The molecule has 0 radical (unpaired) electrons. The maximum Gasteiger partial charge on any atom is 0.274 e. The van der Waals surface area contributed by atoms with Crippen molar-refractivity contribution < 1.29 is 9.90 Å². The van der Waals surface area contributed by atoms with Gasteiger partial charge in [0, 0.05) is 25.4 Å². The van der Waals surface area contributed by atoms with E-state index in [-0.39, 0.29) is 23.3 Å². The van der Waals surface area contributed by atoms with Crippen molar-refractivity contribution in [3.8, 4) is 0 Å². The SMILES string of the molecule is CNc1cc(Nc2cccn([C@H]3CC[C@H](O)CC3)c2=O)nc2c(C(N)=O)cnn12. The van der Waals surface area contributed by atoms with Crippen LogP contribution in [0.3, 0.4) is 0 Å². The molecule has 0 aromatic carbocycles. The van der Waals surface area contributed by atoms with E-state index in [4.69, 9.17) is 5.73 Å². The third kappa shape index (κ3) is 3.54. The molecule has 1 fully saturated rings. The summed E-state index contributed by atoms with van der Waals surface area (Å²) >= 11 is 0. The third-order valence-electron chi connectivity index (χ3n) is 5.29. The van der Waals surface area contributed by atoms with E-state index in [0.29, 0.717) is 35.8 Å². The van der Waals surface area contributed by atoms with Gasteiger partial charge in [-0.25, -0.2) is 4.98 Å². The Morgan fingerprint density at radius 1 is 1.31 bits per heavy atom. The minimum atomic E-state index is -0.631. The Labute approximate surface area is 166 Å². The largest absolute Gasteiger partial charge is 0.393 e. The smallest absolute Gasteiger partial charge is 0.274 e. The molecule has 0 saturated heterocycles. The van der Waals surface area contributed by atoms with Gasteiger partial charge in [0.15, 0.2) is 5.65 Å². The standard InChI is InChI=1S/C19H23N7O3/c1-21-16-9-15(24-18-13(17(20)28)10-22-26(16)18)23-14-3-2-8-25(19(14)29)11-4-6-12(27)7-5-11/h2-3,8-12,21,27H,4-7H2,1H3,(H2,20,28)(H,23,24)/t11-,12-. The molecule has 0 unspecified atom stereocenters. The van der Waals surface area contributed by atoms with E-state index in [0.717, 1.165) is 12.8 Å². The first kappa shape index (κ1) is 18.9. The molecule has 1 saturated carbocycles. The minimum Gasteiger partial charge on any atom is -0.393 e. The topological polar surface area (TPSA) is 140 Å². The summed E-state index contributed by atoms with van der Waals surface area (Å²) in [6, 6.07) is 5.25. The number of fused-ring (bicyclic) bond motifs is 1. The summed E-state index contributed by atoms with van der Waals surface area (Å²) in [5.41, 5.74) is 6.11. The second kappa shape index (κ2) is 7.55. The third-order valence-corrected chi connectivity index (χ3v) is 5.29. The normalized spacial score (nSPS) is 19.2. The number of anilines is 3. The van der Waals surface area contributed by atoms with E-state index in [1.165, 1.54) is 10.7 Å². The molecule has 1 amide bonds. The number of rotatable bonds is 5. The number of aliphatic hydroxyl groups is 1. The zero-order valence-electron chi connectivity index (χ0n) is 16.0. The Kier molecular flexibility index (Phi) is 4.93. The van der Waals surface area contributed by atoms with E-state index < -0.39 is 5.91 Å². The Bertz CT molecular complexity index is 1110. The summed E-state index contributed by atoms with van der Waals surface area (Å²) in [5.74, 6) is 0.342. The number of aromatic nitrogens is 4. The maximum atomic E-state index is 13.0. The van der Waals surface area contributed by atoms with Crippen LogP contribution in [0.1, 0.15) is 42.1 Å². The van der Waals surface area contributed by atoms with Crippen LogP contribution in [-0.2, 0) is 0 Å². The second-order valence-electron chi connectivity index (χ2n) is 7.16. The van der Waals surface area contributed by atoms with Gasteiger partial charge in [-0.3, -0.25) is 9.59 Å². The number of nitrogens with zero attached hydrogens (tertiary/aromatic N) is 4. The highest BCUT2D eigenvalue weighted by molar-refractivity contribution is 5.98. The molecule has 5 N–H and O–H groups in total. The van der Waals surface area contributed by atoms with E-state index in [9.17, 15) is 14.7 Å². The zero-order chi connectivity index (χ0) is 20.5. The predicted octanol–water partition coefficient (Wildman–Crippen LogP) is 1.25. The van der Waals surface area contributed by atoms with Crippen molar-refractivity contribution in [3.63, 3.8) is 0 Å². The molecule has 0 aliphatic heterocycles. The number of aliphatic hydroxyl groups excluding tert-OH is 1. The molecule has 10 heteroatoms. The van der Waals surface area contributed by atoms with Gasteiger partial charge in [-0.15, -0.1) is 0 Å². The van der Waals surface area contributed by atoms with E-state index in [1.807, 2.05) is 0 Å². The number of carbonyl (C=O) groups excluding carboxylic acids is 1. The number of hydrogen-bond donors (Lipinski definition) is 4. The lowest BCUT2D eigenvalue weighted by molar-refractivity contribution is 0.100. The Balaban J connectivity index is 1.70. The van der Waals surface area contributed by atoms with Gasteiger partial charge >= 0.3 is 0 Å². The highest BCUT2D eigenvalue weighted by atomic mass is 16.3. The number of carbonyl (C=O) groups is 1. The summed E-state index contributed by atoms with van der Waals surface area (Å²) in [5, 5.41) is 19.9. The van der Waals surface area contributed by atoms with Gasteiger partial charge in [0.05, 0.1) is 12.3 Å². The summed E-state index contributed by atoms with van der Waals surface area (Å²) in [6.07, 6.45) is 5.75. The molecular weight excluding hydrogens is 374 g/mol. The van der Waals surface area contributed by atoms with E-state index >= 15 is 0 Å². The zero-order valence-corrected chi connectivity index (χ0v) is 16.0. The van der Waals surface area contributed by atoms with Crippen molar-refractivity contribution >= 4 is 28.9 Å². The lowest BCUT2D eigenvalue weighted by atomic mass is 9.93. The van der Waals surface area contributed by atoms with Gasteiger partial charge in [0.2, 0.25) is 0 Å². The van der Waals surface area contributed by atoms with E-state index in [2.05, 4.69) is 20.7 Å². The van der Waals surface area contributed by atoms with Crippen molar-refractivity contribution in [2.24, 2.45) is 5.73 Å². The van der Waals surface area contributed by atoms with Gasteiger partial charge in [0.25, 0.3) is 11.5 Å². The predicted molar refractivity (Wildman–Crippen MR) is 109 cm³/mol. The fourth-order valence-corrected chi connectivity index (χ4v) is 3.75. The molecule has 10 nitrogen and oxygen atoms in total. The van der Waals surface area contributed by atoms with Crippen LogP contribution >= 0.6 is 0 Å². The first-order valence-corrected chi connectivity index (χ1v) is 9.50. The molecule has 4 rings (SSSR count).